The Bertz CT molecular complexity index is 751. The molecule has 0 saturated heterocycles. The van der Waals surface area contributed by atoms with E-state index in [4.69, 9.17) is 4.74 Å². The zero-order valence-electron chi connectivity index (χ0n) is 13.8. The molecule has 2 aromatic rings. The Morgan fingerprint density at radius 2 is 1.79 bits per heavy atom. The minimum Gasteiger partial charge on any atom is -0.444 e. The van der Waals surface area contributed by atoms with Crippen LogP contribution in [0.25, 0.3) is 0 Å². The molecule has 128 valence electrons. The van der Waals surface area contributed by atoms with Crippen molar-refractivity contribution in [2.75, 3.05) is 10.6 Å². The van der Waals surface area contributed by atoms with Gasteiger partial charge in [0.15, 0.2) is 5.13 Å². The number of thiazole rings is 1. The zero-order chi connectivity index (χ0) is 17.9. The summed E-state index contributed by atoms with van der Waals surface area (Å²) in [6, 6.07) is 5.40. The normalized spacial score (nSPS) is 11.0. The van der Waals surface area contributed by atoms with Crippen molar-refractivity contribution in [1.29, 1.82) is 0 Å². The van der Waals surface area contributed by atoms with E-state index in [2.05, 4.69) is 15.6 Å². The van der Waals surface area contributed by atoms with E-state index in [1.54, 1.807) is 27.7 Å². The number of aromatic nitrogens is 1. The summed E-state index contributed by atoms with van der Waals surface area (Å²) in [5.41, 5.74) is 0.0185. The highest BCUT2D eigenvalue weighted by Crippen LogP contribution is 2.23. The van der Waals surface area contributed by atoms with Gasteiger partial charge in [-0.3, -0.25) is 10.1 Å². The van der Waals surface area contributed by atoms with E-state index in [-0.39, 0.29) is 16.6 Å². The summed E-state index contributed by atoms with van der Waals surface area (Å²) in [4.78, 5) is 28.7. The fourth-order valence-electron chi connectivity index (χ4n) is 1.77. The molecule has 0 aliphatic rings. The molecule has 0 bridgehead atoms. The number of anilines is 2. The number of nitrogens with zero attached hydrogens (tertiary/aromatic N) is 1. The lowest BCUT2D eigenvalue weighted by atomic mass is 10.2. The van der Waals surface area contributed by atoms with Gasteiger partial charge >= 0.3 is 6.09 Å². The molecule has 0 spiro atoms. The quantitative estimate of drug-likeness (QED) is 0.869. The first-order valence-corrected chi connectivity index (χ1v) is 8.00. The molecular formula is C16H18FN3O3S. The molecule has 0 atom stereocenters. The summed E-state index contributed by atoms with van der Waals surface area (Å²) >= 11 is 1.17. The van der Waals surface area contributed by atoms with Crippen molar-refractivity contribution in [3.05, 3.63) is 40.7 Å². The van der Waals surface area contributed by atoms with Crippen LogP contribution in [0.5, 0.6) is 0 Å². The molecule has 0 radical (unpaired) electrons. The van der Waals surface area contributed by atoms with E-state index in [1.807, 2.05) is 0 Å². The predicted molar refractivity (Wildman–Crippen MR) is 91.1 cm³/mol. The standard InChI is InChI=1S/C16H18FN3O3S/c1-9-12(13(21)18-11-7-5-10(17)6-8-11)19-14(24-9)20-15(22)23-16(2,3)4/h5-8H,1-4H3,(H,18,21)(H,19,20,22). The summed E-state index contributed by atoms with van der Waals surface area (Å²) in [5, 5.41) is 5.40. The molecule has 0 saturated carbocycles. The number of ether oxygens (including phenoxy) is 1. The maximum Gasteiger partial charge on any atom is 0.413 e. The summed E-state index contributed by atoms with van der Waals surface area (Å²) in [6.07, 6.45) is -0.637. The van der Waals surface area contributed by atoms with Crippen LogP contribution in [0.1, 0.15) is 36.1 Å². The number of nitrogens with one attached hydrogen (secondary N) is 2. The van der Waals surface area contributed by atoms with Crippen LogP contribution < -0.4 is 10.6 Å². The minimum absolute atomic E-state index is 0.190. The van der Waals surface area contributed by atoms with Crippen molar-refractivity contribution in [2.24, 2.45) is 0 Å². The van der Waals surface area contributed by atoms with Gasteiger partial charge in [0, 0.05) is 10.6 Å². The largest absolute Gasteiger partial charge is 0.444 e. The highest BCUT2D eigenvalue weighted by Gasteiger charge is 2.20. The lowest BCUT2D eigenvalue weighted by molar-refractivity contribution is 0.0635. The Kier molecular flexibility index (Phi) is 5.18. The lowest BCUT2D eigenvalue weighted by Gasteiger charge is -2.18. The second kappa shape index (κ2) is 6.96. The number of hydrogen-bond acceptors (Lipinski definition) is 5. The molecule has 24 heavy (non-hydrogen) atoms. The van der Waals surface area contributed by atoms with Crippen LogP contribution in [0.15, 0.2) is 24.3 Å². The first-order chi connectivity index (χ1) is 11.1. The third-order valence-corrected chi connectivity index (χ3v) is 3.61. The van der Waals surface area contributed by atoms with Gasteiger partial charge in [0.1, 0.15) is 17.1 Å². The van der Waals surface area contributed by atoms with Gasteiger partial charge in [0.2, 0.25) is 0 Å². The second-order valence-electron chi connectivity index (χ2n) is 6.01. The number of hydrogen-bond donors (Lipinski definition) is 2. The van der Waals surface area contributed by atoms with Crippen LogP contribution in [-0.2, 0) is 4.74 Å². The van der Waals surface area contributed by atoms with Gasteiger partial charge in [0.25, 0.3) is 5.91 Å². The highest BCUT2D eigenvalue weighted by molar-refractivity contribution is 7.16. The van der Waals surface area contributed by atoms with Crippen LogP contribution in [0.4, 0.5) is 20.0 Å². The number of carbonyl (C=O) groups excluding carboxylic acids is 2. The van der Waals surface area contributed by atoms with Gasteiger partial charge < -0.3 is 10.1 Å². The number of aryl methyl sites for hydroxylation is 1. The summed E-state index contributed by atoms with van der Waals surface area (Å²) in [6.45, 7) is 6.97. The van der Waals surface area contributed by atoms with E-state index in [9.17, 15) is 14.0 Å². The molecule has 6 nitrogen and oxygen atoms in total. The second-order valence-corrected chi connectivity index (χ2v) is 7.21. The first kappa shape index (κ1) is 17.9. The van der Waals surface area contributed by atoms with Gasteiger partial charge in [-0.1, -0.05) is 0 Å². The van der Waals surface area contributed by atoms with Crippen LogP contribution in [0, 0.1) is 12.7 Å². The molecular weight excluding hydrogens is 333 g/mol. The smallest absolute Gasteiger partial charge is 0.413 e. The Balaban J connectivity index is 2.06. The SMILES string of the molecule is Cc1sc(NC(=O)OC(C)(C)C)nc1C(=O)Nc1ccc(F)cc1. The lowest BCUT2D eigenvalue weighted by Crippen LogP contribution is -2.27. The molecule has 0 unspecified atom stereocenters. The molecule has 0 fully saturated rings. The van der Waals surface area contributed by atoms with Crippen LogP contribution in [-0.4, -0.2) is 22.6 Å². The average molecular weight is 351 g/mol. The molecule has 0 aliphatic carbocycles. The third-order valence-electron chi connectivity index (χ3n) is 2.72. The Hall–Kier alpha value is -2.48. The predicted octanol–water partition coefficient (Wildman–Crippen LogP) is 4.19. The monoisotopic (exact) mass is 351 g/mol. The number of rotatable bonds is 3. The molecule has 0 aliphatic heterocycles. The molecule has 2 N–H and O–H groups in total. The third kappa shape index (κ3) is 5.02. The van der Waals surface area contributed by atoms with E-state index < -0.39 is 17.6 Å². The van der Waals surface area contributed by atoms with Gasteiger partial charge in [-0.25, -0.2) is 14.2 Å². The van der Waals surface area contributed by atoms with Crippen molar-refractivity contribution >= 4 is 34.2 Å². The average Bonchev–Trinajstić information content (AvgIpc) is 2.80. The van der Waals surface area contributed by atoms with Crippen molar-refractivity contribution in [3.63, 3.8) is 0 Å². The number of benzene rings is 1. The van der Waals surface area contributed by atoms with Crippen molar-refractivity contribution in [1.82, 2.24) is 4.98 Å². The fourth-order valence-corrected chi connectivity index (χ4v) is 2.57. The number of carbonyl (C=O) groups is 2. The molecule has 2 rings (SSSR count). The molecule has 1 aromatic heterocycles. The van der Waals surface area contributed by atoms with E-state index in [0.717, 1.165) is 0 Å². The van der Waals surface area contributed by atoms with Gasteiger partial charge in [-0.05, 0) is 52.0 Å². The number of amides is 2. The maximum atomic E-state index is 12.9. The van der Waals surface area contributed by atoms with Gasteiger partial charge in [-0.15, -0.1) is 11.3 Å². The number of halogens is 1. The van der Waals surface area contributed by atoms with Crippen LogP contribution in [0.2, 0.25) is 0 Å². The summed E-state index contributed by atoms with van der Waals surface area (Å²) in [5.74, 6) is -0.825. The van der Waals surface area contributed by atoms with Crippen molar-refractivity contribution in [2.45, 2.75) is 33.3 Å². The van der Waals surface area contributed by atoms with E-state index >= 15 is 0 Å². The highest BCUT2D eigenvalue weighted by atomic mass is 32.1. The van der Waals surface area contributed by atoms with Gasteiger partial charge in [0.05, 0.1) is 0 Å². The molecule has 8 heteroatoms. The Labute approximate surface area is 143 Å². The van der Waals surface area contributed by atoms with Gasteiger partial charge in [-0.2, -0.15) is 0 Å². The molecule has 1 heterocycles. The van der Waals surface area contributed by atoms with E-state index in [0.29, 0.717) is 10.6 Å². The molecule has 2 amide bonds. The Morgan fingerprint density at radius 3 is 2.38 bits per heavy atom. The van der Waals surface area contributed by atoms with Crippen LogP contribution in [0.3, 0.4) is 0 Å². The topological polar surface area (TPSA) is 80.3 Å². The van der Waals surface area contributed by atoms with Crippen molar-refractivity contribution in [3.8, 4) is 0 Å². The zero-order valence-corrected chi connectivity index (χ0v) is 14.6. The Morgan fingerprint density at radius 1 is 1.17 bits per heavy atom. The first-order valence-electron chi connectivity index (χ1n) is 7.18. The molecule has 1 aromatic carbocycles. The summed E-state index contributed by atoms with van der Waals surface area (Å²) in [7, 11) is 0. The van der Waals surface area contributed by atoms with Crippen molar-refractivity contribution < 1.29 is 18.7 Å². The van der Waals surface area contributed by atoms with Crippen LogP contribution >= 0.6 is 11.3 Å². The fraction of sp³-hybridized carbons (Fsp3) is 0.312. The maximum absolute atomic E-state index is 12.9. The minimum atomic E-state index is -0.637. The summed E-state index contributed by atoms with van der Waals surface area (Å²) < 4.78 is 18.0. The van der Waals surface area contributed by atoms with E-state index in [1.165, 1.54) is 35.6 Å².